The van der Waals surface area contributed by atoms with Gasteiger partial charge in [0.05, 0.1) is 33.1 Å². The van der Waals surface area contributed by atoms with Gasteiger partial charge in [-0.15, -0.1) is 0 Å². The van der Waals surface area contributed by atoms with Gasteiger partial charge in [-0.1, -0.05) is 17.7 Å². The fourth-order valence-electron chi connectivity index (χ4n) is 3.32. The van der Waals surface area contributed by atoms with Crippen LogP contribution in [0.4, 0.5) is 21.6 Å². The molecule has 2 aromatic carbocycles. The highest BCUT2D eigenvalue weighted by atomic mass is 35.5. The maximum atomic E-state index is 14.2. The molecular weight excluding hydrogens is 433 g/mol. The number of aliphatic imine (C=N–C) groups is 1. The number of ether oxygens (including phenoxy) is 2. The molecule has 7 nitrogen and oxygen atoms in total. The summed E-state index contributed by atoms with van der Waals surface area (Å²) in [7, 11) is 1.60. The molecule has 3 aromatic rings. The van der Waals surface area contributed by atoms with Crippen molar-refractivity contribution in [2.75, 3.05) is 43.6 Å². The van der Waals surface area contributed by atoms with E-state index in [-0.39, 0.29) is 6.54 Å². The van der Waals surface area contributed by atoms with E-state index in [1.165, 1.54) is 6.20 Å². The number of halogens is 2. The third-order valence-electron chi connectivity index (χ3n) is 4.90. The molecule has 0 unspecified atom stereocenters. The zero-order valence-corrected chi connectivity index (χ0v) is 18.3. The average Bonchev–Trinajstić information content (AvgIpc) is 2.81. The molecule has 166 valence electrons. The Morgan fingerprint density at radius 3 is 2.81 bits per heavy atom. The highest BCUT2D eigenvalue weighted by Crippen LogP contribution is 2.26. The van der Waals surface area contributed by atoms with Gasteiger partial charge in [0, 0.05) is 47.3 Å². The normalized spacial score (nSPS) is 14.0. The summed E-state index contributed by atoms with van der Waals surface area (Å²) in [5, 5.41) is 3.95. The number of aromatic nitrogens is 2. The first-order valence-electron chi connectivity index (χ1n) is 10.2. The lowest BCUT2D eigenvalue weighted by molar-refractivity contribution is 0.122. The third-order valence-corrected chi connectivity index (χ3v) is 5.13. The van der Waals surface area contributed by atoms with Crippen molar-refractivity contribution in [1.29, 1.82) is 0 Å². The molecular formula is C23H23ClFN5O2. The van der Waals surface area contributed by atoms with Crippen molar-refractivity contribution >= 4 is 35.0 Å². The van der Waals surface area contributed by atoms with Crippen molar-refractivity contribution in [2.45, 2.75) is 6.54 Å². The van der Waals surface area contributed by atoms with E-state index in [0.717, 1.165) is 16.9 Å². The minimum atomic E-state index is -0.441. The molecule has 1 fully saturated rings. The van der Waals surface area contributed by atoms with Crippen LogP contribution in [0.1, 0.15) is 11.4 Å². The van der Waals surface area contributed by atoms with Crippen molar-refractivity contribution in [3.63, 3.8) is 0 Å². The largest absolute Gasteiger partial charge is 0.496 e. The van der Waals surface area contributed by atoms with E-state index < -0.39 is 5.82 Å². The SMILES string of the molecule is COc1cc(Nc2cccc(Cl)c2)ccc1C=NCc1ncc(F)c(N2CCOCC2)n1. The lowest BCUT2D eigenvalue weighted by atomic mass is 10.2. The summed E-state index contributed by atoms with van der Waals surface area (Å²) in [6, 6.07) is 13.2. The highest BCUT2D eigenvalue weighted by Gasteiger charge is 2.17. The molecule has 1 saturated heterocycles. The molecule has 0 radical (unpaired) electrons. The average molecular weight is 456 g/mol. The van der Waals surface area contributed by atoms with Crippen LogP contribution in [0.2, 0.25) is 5.02 Å². The monoisotopic (exact) mass is 455 g/mol. The van der Waals surface area contributed by atoms with Crippen LogP contribution in [0.3, 0.4) is 0 Å². The van der Waals surface area contributed by atoms with Gasteiger partial charge in [-0.25, -0.2) is 14.4 Å². The molecule has 32 heavy (non-hydrogen) atoms. The topological polar surface area (TPSA) is 71.9 Å². The van der Waals surface area contributed by atoms with Crippen molar-refractivity contribution in [3.05, 3.63) is 70.9 Å². The van der Waals surface area contributed by atoms with Crippen LogP contribution < -0.4 is 15.0 Å². The van der Waals surface area contributed by atoms with Crippen LogP contribution >= 0.6 is 11.6 Å². The van der Waals surface area contributed by atoms with E-state index in [0.29, 0.717) is 48.7 Å². The Labute approximate surface area is 190 Å². The van der Waals surface area contributed by atoms with Gasteiger partial charge in [0.1, 0.15) is 5.75 Å². The summed E-state index contributed by atoms with van der Waals surface area (Å²) in [4.78, 5) is 14.7. The first kappa shape index (κ1) is 22.0. The van der Waals surface area contributed by atoms with Gasteiger partial charge < -0.3 is 19.7 Å². The Morgan fingerprint density at radius 1 is 1.22 bits per heavy atom. The van der Waals surface area contributed by atoms with Crippen LogP contribution in [-0.2, 0) is 11.3 Å². The summed E-state index contributed by atoms with van der Waals surface area (Å²) < 4.78 is 25.0. The fourth-order valence-corrected chi connectivity index (χ4v) is 3.51. The molecule has 9 heteroatoms. The van der Waals surface area contributed by atoms with E-state index >= 15 is 0 Å². The first-order chi connectivity index (χ1) is 15.6. The number of methoxy groups -OCH3 is 1. The Morgan fingerprint density at radius 2 is 2.03 bits per heavy atom. The Bertz CT molecular complexity index is 1110. The molecule has 1 aliphatic rings. The van der Waals surface area contributed by atoms with E-state index in [4.69, 9.17) is 21.1 Å². The second-order valence-electron chi connectivity index (χ2n) is 7.12. The van der Waals surface area contributed by atoms with Crippen molar-refractivity contribution < 1.29 is 13.9 Å². The van der Waals surface area contributed by atoms with Gasteiger partial charge in [0.15, 0.2) is 17.5 Å². The van der Waals surface area contributed by atoms with Crippen LogP contribution in [0.25, 0.3) is 0 Å². The Kier molecular flexibility index (Phi) is 7.14. The van der Waals surface area contributed by atoms with Gasteiger partial charge in [0.25, 0.3) is 0 Å². The minimum Gasteiger partial charge on any atom is -0.496 e. The molecule has 2 heterocycles. The predicted molar refractivity (Wildman–Crippen MR) is 124 cm³/mol. The van der Waals surface area contributed by atoms with Gasteiger partial charge >= 0.3 is 0 Å². The summed E-state index contributed by atoms with van der Waals surface area (Å²) in [5.74, 6) is 0.962. The second-order valence-corrected chi connectivity index (χ2v) is 7.56. The summed E-state index contributed by atoms with van der Waals surface area (Å²) in [6.45, 7) is 2.54. The standard InChI is InChI=1S/C23H23ClFN5O2/c1-31-21-12-19(28-18-4-2-3-17(24)11-18)6-5-16(21)13-26-15-22-27-14-20(25)23(29-22)30-7-9-32-10-8-30/h2-6,11-14,28H,7-10,15H2,1H3. The maximum absolute atomic E-state index is 14.2. The predicted octanol–water partition coefficient (Wildman–Crippen LogP) is 4.48. The molecule has 1 N–H and O–H groups in total. The number of hydrogen-bond donors (Lipinski definition) is 1. The van der Waals surface area contributed by atoms with Crippen LogP contribution in [0.5, 0.6) is 5.75 Å². The number of anilines is 3. The Hall–Kier alpha value is -3.23. The van der Waals surface area contributed by atoms with Crippen LogP contribution in [0.15, 0.2) is 53.7 Å². The number of morpholine rings is 1. The number of nitrogens with one attached hydrogen (secondary N) is 1. The number of hydrogen-bond acceptors (Lipinski definition) is 7. The fraction of sp³-hybridized carbons (Fsp3) is 0.261. The number of benzene rings is 2. The maximum Gasteiger partial charge on any atom is 0.183 e. The molecule has 1 aromatic heterocycles. The molecule has 0 aliphatic carbocycles. The smallest absolute Gasteiger partial charge is 0.183 e. The molecule has 0 saturated carbocycles. The highest BCUT2D eigenvalue weighted by molar-refractivity contribution is 6.30. The first-order valence-corrected chi connectivity index (χ1v) is 10.5. The molecule has 0 bridgehead atoms. The van der Waals surface area contributed by atoms with Crippen LogP contribution in [-0.4, -0.2) is 49.6 Å². The molecule has 0 spiro atoms. The lowest BCUT2D eigenvalue weighted by Gasteiger charge is -2.28. The van der Waals surface area contributed by atoms with Crippen molar-refractivity contribution in [3.8, 4) is 5.75 Å². The zero-order valence-electron chi connectivity index (χ0n) is 17.6. The lowest BCUT2D eigenvalue weighted by Crippen LogP contribution is -2.37. The van der Waals surface area contributed by atoms with E-state index in [1.807, 2.05) is 47.4 Å². The van der Waals surface area contributed by atoms with E-state index in [2.05, 4.69) is 20.3 Å². The summed E-state index contributed by atoms with van der Waals surface area (Å²) in [6.07, 6.45) is 2.89. The van der Waals surface area contributed by atoms with Crippen LogP contribution in [0, 0.1) is 5.82 Å². The third kappa shape index (κ3) is 5.52. The quantitative estimate of drug-likeness (QED) is 0.530. The molecule has 0 atom stereocenters. The van der Waals surface area contributed by atoms with E-state index in [1.54, 1.807) is 13.3 Å². The van der Waals surface area contributed by atoms with Gasteiger partial charge in [-0.05, 0) is 30.3 Å². The zero-order chi connectivity index (χ0) is 22.3. The van der Waals surface area contributed by atoms with Gasteiger partial charge in [-0.3, -0.25) is 4.99 Å². The number of rotatable bonds is 7. The summed E-state index contributed by atoms with van der Waals surface area (Å²) >= 11 is 6.04. The van der Waals surface area contributed by atoms with Crippen molar-refractivity contribution in [2.24, 2.45) is 4.99 Å². The number of nitrogens with zero attached hydrogens (tertiary/aromatic N) is 4. The van der Waals surface area contributed by atoms with Crippen molar-refractivity contribution in [1.82, 2.24) is 9.97 Å². The molecule has 1 aliphatic heterocycles. The summed E-state index contributed by atoms with van der Waals surface area (Å²) in [5.41, 5.74) is 2.54. The Balaban J connectivity index is 1.45. The van der Waals surface area contributed by atoms with Gasteiger partial charge in [-0.2, -0.15) is 0 Å². The van der Waals surface area contributed by atoms with E-state index in [9.17, 15) is 4.39 Å². The van der Waals surface area contributed by atoms with Gasteiger partial charge in [0.2, 0.25) is 0 Å². The second kappa shape index (κ2) is 10.4. The minimum absolute atomic E-state index is 0.225. The molecule has 0 amide bonds. The molecule has 4 rings (SSSR count).